The third-order valence-corrected chi connectivity index (χ3v) is 5.33. The van der Waals surface area contributed by atoms with E-state index in [1.165, 1.54) is 5.56 Å². The fourth-order valence-electron chi connectivity index (χ4n) is 3.76. The molecule has 2 aromatic rings. The maximum Gasteiger partial charge on any atom is 0.191 e. The van der Waals surface area contributed by atoms with E-state index >= 15 is 0 Å². The Labute approximate surface area is 208 Å². The number of hydrogen-bond donors (Lipinski definition) is 2. The van der Waals surface area contributed by atoms with Gasteiger partial charge in [0.1, 0.15) is 17.2 Å². The maximum absolute atomic E-state index is 5.40. The Morgan fingerprint density at radius 3 is 2.34 bits per heavy atom. The Bertz CT molecular complexity index is 856. The van der Waals surface area contributed by atoms with Crippen molar-refractivity contribution in [2.45, 2.75) is 32.5 Å². The maximum atomic E-state index is 5.40. The number of aliphatic imine (C=N–C) groups is 1. The van der Waals surface area contributed by atoms with Gasteiger partial charge in [-0.2, -0.15) is 0 Å². The van der Waals surface area contributed by atoms with Crippen LogP contribution in [0.25, 0.3) is 0 Å². The van der Waals surface area contributed by atoms with Gasteiger partial charge < -0.3 is 24.8 Å². The van der Waals surface area contributed by atoms with Crippen LogP contribution in [0.2, 0.25) is 0 Å². The van der Waals surface area contributed by atoms with E-state index in [1.807, 2.05) is 24.3 Å². The number of guanidine groups is 1. The van der Waals surface area contributed by atoms with Crippen LogP contribution in [0.4, 0.5) is 0 Å². The van der Waals surface area contributed by atoms with Crippen molar-refractivity contribution < 1.29 is 14.2 Å². The standard InChI is InChI=1S/C24H34N4O3.HI/c1-5-25-24(26-15-18-7-6-8-21(11-18)29-2)27-20-9-10-28(17-20)16-19-12-22(30-3)14-23(13-19)31-4;/h6-8,11-14,20H,5,9-10,15-17H2,1-4H3,(H2,25,26,27);1H. The van der Waals surface area contributed by atoms with Gasteiger partial charge in [0.15, 0.2) is 5.96 Å². The molecule has 0 bridgehead atoms. The van der Waals surface area contributed by atoms with Crippen molar-refractivity contribution >= 4 is 29.9 Å². The number of benzene rings is 2. The topological polar surface area (TPSA) is 67.4 Å². The van der Waals surface area contributed by atoms with Crippen LogP contribution in [0, 0.1) is 0 Å². The van der Waals surface area contributed by atoms with E-state index in [9.17, 15) is 0 Å². The zero-order valence-corrected chi connectivity index (χ0v) is 21.7. The molecule has 0 spiro atoms. The molecule has 0 aliphatic carbocycles. The molecule has 0 saturated carbocycles. The molecular weight excluding hydrogens is 519 g/mol. The van der Waals surface area contributed by atoms with Gasteiger partial charge >= 0.3 is 0 Å². The molecule has 176 valence electrons. The average Bonchev–Trinajstić information content (AvgIpc) is 3.24. The first-order valence-corrected chi connectivity index (χ1v) is 10.8. The molecule has 1 aliphatic rings. The second-order valence-electron chi connectivity index (χ2n) is 7.63. The molecule has 8 heteroatoms. The third-order valence-electron chi connectivity index (χ3n) is 5.33. The first-order valence-electron chi connectivity index (χ1n) is 10.8. The highest BCUT2D eigenvalue weighted by molar-refractivity contribution is 14.0. The molecule has 2 aromatic carbocycles. The number of likely N-dealkylation sites (tertiary alicyclic amines) is 1. The Hall–Kier alpha value is -2.20. The van der Waals surface area contributed by atoms with Crippen LogP contribution in [-0.4, -0.2) is 57.9 Å². The summed E-state index contributed by atoms with van der Waals surface area (Å²) in [4.78, 5) is 7.21. The summed E-state index contributed by atoms with van der Waals surface area (Å²) in [7, 11) is 5.05. The summed E-state index contributed by atoms with van der Waals surface area (Å²) >= 11 is 0. The zero-order valence-electron chi connectivity index (χ0n) is 19.4. The predicted molar refractivity (Wildman–Crippen MR) is 140 cm³/mol. The lowest BCUT2D eigenvalue weighted by atomic mass is 10.2. The number of methoxy groups -OCH3 is 3. The van der Waals surface area contributed by atoms with Gasteiger partial charge in [0, 0.05) is 38.3 Å². The van der Waals surface area contributed by atoms with Crippen molar-refractivity contribution in [1.82, 2.24) is 15.5 Å². The van der Waals surface area contributed by atoms with Crippen LogP contribution in [0.15, 0.2) is 47.5 Å². The Morgan fingerprint density at radius 1 is 1.00 bits per heavy atom. The van der Waals surface area contributed by atoms with Crippen molar-refractivity contribution in [2.24, 2.45) is 4.99 Å². The van der Waals surface area contributed by atoms with Gasteiger partial charge in [0.25, 0.3) is 0 Å². The fourth-order valence-corrected chi connectivity index (χ4v) is 3.76. The Kier molecular flexibility index (Phi) is 10.9. The highest BCUT2D eigenvalue weighted by Gasteiger charge is 2.23. The lowest BCUT2D eigenvalue weighted by Crippen LogP contribution is -2.44. The lowest BCUT2D eigenvalue weighted by Gasteiger charge is -2.19. The molecule has 32 heavy (non-hydrogen) atoms. The van der Waals surface area contributed by atoms with E-state index in [-0.39, 0.29) is 24.0 Å². The van der Waals surface area contributed by atoms with Crippen LogP contribution >= 0.6 is 24.0 Å². The van der Waals surface area contributed by atoms with Gasteiger partial charge in [-0.25, -0.2) is 4.99 Å². The molecule has 2 N–H and O–H groups in total. The molecule has 1 unspecified atom stereocenters. The molecular formula is C24H35IN4O3. The Balaban J connectivity index is 0.00000363. The fraction of sp³-hybridized carbons (Fsp3) is 0.458. The summed E-state index contributed by atoms with van der Waals surface area (Å²) in [6.07, 6.45) is 1.07. The minimum atomic E-state index is 0. The zero-order chi connectivity index (χ0) is 22.1. The van der Waals surface area contributed by atoms with E-state index < -0.39 is 0 Å². The third kappa shape index (κ3) is 7.74. The van der Waals surface area contributed by atoms with Gasteiger partial charge in [-0.3, -0.25) is 4.90 Å². The summed E-state index contributed by atoms with van der Waals surface area (Å²) < 4.78 is 16.1. The molecule has 0 radical (unpaired) electrons. The number of halogens is 1. The van der Waals surface area contributed by atoms with Crippen molar-refractivity contribution in [2.75, 3.05) is 41.0 Å². The van der Waals surface area contributed by atoms with Crippen LogP contribution in [-0.2, 0) is 13.1 Å². The predicted octanol–water partition coefficient (Wildman–Crippen LogP) is 3.66. The lowest BCUT2D eigenvalue weighted by molar-refractivity contribution is 0.321. The highest BCUT2D eigenvalue weighted by Crippen LogP contribution is 2.24. The van der Waals surface area contributed by atoms with E-state index in [0.717, 1.165) is 61.4 Å². The second-order valence-corrected chi connectivity index (χ2v) is 7.63. The van der Waals surface area contributed by atoms with Crippen LogP contribution < -0.4 is 24.8 Å². The average molecular weight is 554 g/mol. The smallest absolute Gasteiger partial charge is 0.191 e. The molecule has 1 fully saturated rings. The van der Waals surface area contributed by atoms with E-state index in [0.29, 0.717) is 12.6 Å². The number of rotatable bonds is 9. The molecule has 7 nitrogen and oxygen atoms in total. The summed E-state index contributed by atoms with van der Waals surface area (Å²) in [5.41, 5.74) is 2.31. The molecule has 1 saturated heterocycles. The Morgan fingerprint density at radius 2 is 1.69 bits per heavy atom. The number of nitrogens with one attached hydrogen (secondary N) is 2. The first kappa shape index (κ1) is 26.1. The largest absolute Gasteiger partial charge is 0.497 e. The molecule has 1 atom stereocenters. The minimum absolute atomic E-state index is 0. The monoisotopic (exact) mass is 554 g/mol. The summed E-state index contributed by atoms with van der Waals surface area (Å²) in [5, 5.41) is 6.95. The number of ether oxygens (including phenoxy) is 3. The van der Waals surface area contributed by atoms with Gasteiger partial charge in [0.2, 0.25) is 0 Å². The molecule has 3 rings (SSSR count). The molecule has 1 aliphatic heterocycles. The van der Waals surface area contributed by atoms with E-state index in [4.69, 9.17) is 19.2 Å². The summed E-state index contributed by atoms with van der Waals surface area (Å²) in [5.74, 6) is 3.34. The van der Waals surface area contributed by atoms with E-state index in [2.05, 4.69) is 40.7 Å². The summed E-state index contributed by atoms with van der Waals surface area (Å²) in [6, 6.07) is 14.4. The first-order chi connectivity index (χ1) is 15.1. The van der Waals surface area contributed by atoms with Crippen molar-refractivity contribution in [3.8, 4) is 17.2 Å². The van der Waals surface area contributed by atoms with Crippen molar-refractivity contribution in [3.63, 3.8) is 0 Å². The normalized spacial score (nSPS) is 16.2. The van der Waals surface area contributed by atoms with E-state index in [1.54, 1.807) is 21.3 Å². The van der Waals surface area contributed by atoms with Gasteiger partial charge in [-0.05, 0) is 48.7 Å². The summed E-state index contributed by atoms with van der Waals surface area (Å²) in [6.45, 7) is 6.37. The van der Waals surface area contributed by atoms with Gasteiger partial charge in [0.05, 0.1) is 27.9 Å². The van der Waals surface area contributed by atoms with Gasteiger partial charge in [-0.1, -0.05) is 12.1 Å². The molecule has 1 heterocycles. The minimum Gasteiger partial charge on any atom is -0.497 e. The van der Waals surface area contributed by atoms with Gasteiger partial charge in [-0.15, -0.1) is 24.0 Å². The second kappa shape index (κ2) is 13.4. The van der Waals surface area contributed by atoms with Crippen LogP contribution in [0.5, 0.6) is 17.2 Å². The quantitative estimate of drug-likeness (QED) is 0.280. The SMILES string of the molecule is CCNC(=NCc1cccc(OC)c1)NC1CCN(Cc2cc(OC)cc(OC)c2)C1.I. The molecule has 0 amide bonds. The van der Waals surface area contributed by atoms with Crippen molar-refractivity contribution in [1.29, 1.82) is 0 Å². The van der Waals surface area contributed by atoms with Crippen LogP contribution in [0.1, 0.15) is 24.5 Å². The van der Waals surface area contributed by atoms with Crippen LogP contribution in [0.3, 0.4) is 0 Å². The number of hydrogen-bond acceptors (Lipinski definition) is 5. The van der Waals surface area contributed by atoms with Crippen molar-refractivity contribution in [3.05, 3.63) is 53.6 Å². The molecule has 0 aromatic heterocycles. The number of nitrogens with zero attached hydrogens (tertiary/aromatic N) is 2. The highest BCUT2D eigenvalue weighted by atomic mass is 127.